The second-order valence-electron chi connectivity index (χ2n) is 8.93. The number of pyridine rings is 2. The van der Waals surface area contributed by atoms with E-state index < -0.39 is 0 Å². The minimum Gasteiger partial charge on any atom is -0.256 e. The van der Waals surface area contributed by atoms with Crippen molar-refractivity contribution in [1.82, 2.24) is 9.97 Å². The first-order chi connectivity index (χ1) is 16.6. The number of aryl methyl sites for hydroxylation is 3. The molecule has 0 aliphatic heterocycles. The third kappa shape index (κ3) is 4.42. The Hall–Kier alpha value is -3.98. The normalized spacial score (nSPS) is 10.8. The molecule has 2 heterocycles. The molecule has 0 atom stereocenters. The molecule has 5 rings (SSSR count). The molecule has 5 aromatic rings. The first-order valence-corrected chi connectivity index (χ1v) is 11.7. The van der Waals surface area contributed by atoms with Gasteiger partial charge in [-0.1, -0.05) is 106 Å². The van der Waals surface area contributed by atoms with Crippen molar-refractivity contribution < 1.29 is 0 Å². The Kier molecular flexibility index (Phi) is 6.10. The lowest BCUT2D eigenvalue weighted by Crippen LogP contribution is -2.54. The highest BCUT2D eigenvalue weighted by Gasteiger charge is 2.26. The maximum absolute atomic E-state index is 4.59. The third-order valence-corrected chi connectivity index (χ3v) is 6.39. The van der Waals surface area contributed by atoms with Gasteiger partial charge < -0.3 is 0 Å². The lowest BCUT2D eigenvalue weighted by molar-refractivity contribution is 1.33. The quantitative estimate of drug-likeness (QED) is 0.350. The predicted octanol–water partition coefficient (Wildman–Crippen LogP) is 5.25. The second kappa shape index (κ2) is 9.48. The van der Waals surface area contributed by atoms with Crippen LogP contribution in [0.3, 0.4) is 0 Å². The summed E-state index contributed by atoms with van der Waals surface area (Å²) in [6, 6.07) is 34.3. The topological polar surface area (TPSA) is 25.8 Å². The summed E-state index contributed by atoms with van der Waals surface area (Å²) in [5.74, 6) is 0. The Balaban J connectivity index is 1.71. The van der Waals surface area contributed by atoms with E-state index in [1.54, 1.807) is 0 Å². The number of hydrogen-bond donors (Lipinski definition) is 0. The Morgan fingerprint density at radius 2 is 1.03 bits per heavy atom. The molecule has 0 unspecified atom stereocenters. The summed E-state index contributed by atoms with van der Waals surface area (Å²) in [5.41, 5.74) is 12.0. The maximum Gasteiger partial charge on any atom is 0.241 e. The highest BCUT2D eigenvalue weighted by atomic mass is 14.7. The molecular formula is C31H27BN2. The summed E-state index contributed by atoms with van der Waals surface area (Å²) in [4.78, 5) is 9.17. The van der Waals surface area contributed by atoms with E-state index >= 15 is 0 Å². The maximum atomic E-state index is 4.59. The van der Waals surface area contributed by atoms with Gasteiger partial charge in [-0.25, -0.2) is 0 Å². The summed E-state index contributed by atoms with van der Waals surface area (Å²) >= 11 is 0. The zero-order chi connectivity index (χ0) is 23.5. The van der Waals surface area contributed by atoms with Gasteiger partial charge in [-0.3, -0.25) is 9.97 Å². The van der Waals surface area contributed by atoms with Crippen LogP contribution in [-0.4, -0.2) is 16.7 Å². The number of aromatic nitrogens is 2. The number of hydrogen-bond acceptors (Lipinski definition) is 2. The smallest absolute Gasteiger partial charge is 0.241 e. The van der Waals surface area contributed by atoms with E-state index in [0.29, 0.717) is 0 Å². The predicted molar refractivity (Wildman–Crippen MR) is 145 cm³/mol. The first-order valence-electron chi connectivity index (χ1n) is 11.7. The third-order valence-electron chi connectivity index (χ3n) is 6.39. The van der Waals surface area contributed by atoms with Gasteiger partial charge in [0.25, 0.3) is 0 Å². The van der Waals surface area contributed by atoms with Crippen LogP contribution in [0.2, 0.25) is 0 Å². The van der Waals surface area contributed by atoms with Gasteiger partial charge >= 0.3 is 0 Å². The first kappa shape index (κ1) is 21.8. The van der Waals surface area contributed by atoms with Crippen LogP contribution in [0.4, 0.5) is 0 Å². The van der Waals surface area contributed by atoms with Crippen LogP contribution in [-0.2, 0) is 0 Å². The zero-order valence-corrected chi connectivity index (χ0v) is 19.9. The van der Waals surface area contributed by atoms with Crippen molar-refractivity contribution in [3.8, 4) is 22.5 Å². The number of benzene rings is 3. The highest BCUT2D eigenvalue weighted by Crippen LogP contribution is 2.18. The van der Waals surface area contributed by atoms with E-state index in [2.05, 4.69) is 104 Å². The molecule has 0 saturated heterocycles. The van der Waals surface area contributed by atoms with Gasteiger partial charge in [0, 0.05) is 12.4 Å². The summed E-state index contributed by atoms with van der Waals surface area (Å²) in [6.45, 7) is 6.73. The molecule has 2 nitrogen and oxygen atoms in total. The molecule has 0 aliphatic rings. The van der Waals surface area contributed by atoms with Gasteiger partial charge in [-0.05, 0) is 56.2 Å². The molecule has 0 N–H and O–H groups in total. The van der Waals surface area contributed by atoms with Crippen molar-refractivity contribution in [3.05, 3.63) is 126 Å². The van der Waals surface area contributed by atoms with Crippen LogP contribution in [0.1, 0.15) is 16.7 Å². The van der Waals surface area contributed by atoms with Crippen LogP contribution in [0.5, 0.6) is 0 Å². The van der Waals surface area contributed by atoms with Gasteiger partial charge in [0.15, 0.2) is 0 Å². The zero-order valence-electron chi connectivity index (χ0n) is 19.9. The fourth-order valence-electron chi connectivity index (χ4n) is 4.99. The molecule has 0 saturated carbocycles. The van der Waals surface area contributed by atoms with Crippen LogP contribution in [0.25, 0.3) is 22.5 Å². The average Bonchev–Trinajstić information content (AvgIpc) is 2.87. The Bertz CT molecular complexity index is 1320. The highest BCUT2D eigenvalue weighted by molar-refractivity contribution is 6.96. The molecule has 0 bridgehead atoms. The second-order valence-corrected chi connectivity index (χ2v) is 8.93. The van der Waals surface area contributed by atoms with Gasteiger partial charge in [0.1, 0.15) is 0 Å². The van der Waals surface area contributed by atoms with Crippen molar-refractivity contribution in [1.29, 1.82) is 0 Å². The average molecular weight is 438 g/mol. The number of nitrogens with zero attached hydrogens (tertiary/aromatic N) is 2. The summed E-state index contributed by atoms with van der Waals surface area (Å²) in [5, 5.41) is 0. The molecule has 3 aromatic carbocycles. The molecule has 0 spiro atoms. The summed E-state index contributed by atoms with van der Waals surface area (Å²) < 4.78 is 0. The minimum atomic E-state index is 0.105. The lowest BCUT2D eigenvalue weighted by Gasteiger charge is -2.22. The van der Waals surface area contributed by atoms with E-state index in [9.17, 15) is 0 Å². The van der Waals surface area contributed by atoms with Crippen molar-refractivity contribution in [2.75, 3.05) is 0 Å². The molecule has 3 heteroatoms. The van der Waals surface area contributed by atoms with E-state index in [1.807, 2.05) is 36.7 Å². The van der Waals surface area contributed by atoms with Crippen molar-refractivity contribution in [2.24, 2.45) is 0 Å². The van der Waals surface area contributed by atoms with E-state index in [4.69, 9.17) is 0 Å². The van der Waals surface area contributed by atoms with Gasteiger partial charge in [0.05, 0.1) is 11.4 Å². The Morgan fingerprint density at radius 1 is 0.529 bits per heavy atom. The number of rotatable bonds is 5. The Morgan fingerprint density at radius 3 is 1.47 bits per heavy atom. The molecule has 34 heavy (non-hydrogen) atoms. The molecule has 0 fully saturated rings. The fraction of sp³-hybridized carbons (Fsp3) is 0.0968. The minimum absolute atomic E-state index is 0.105. The van der Waals surface area contributed by atoms with Crippen LogP contribution in [0, 0.1) is 20.8 Å². The van der Waals surface area contributed by atoms with Gasteiger partial charge in [-0.15, -0.1) is 0 Å². The molecule has 0 aliphatic carbocycles. The molecular weight excluding hydrogens is 411 g/mol. The van der Waals surface area contributed by atoms with Crippen molar-refractivity contribution in [2.45, 2.75) is 20.8 Å². The molecule has 0 amide bonds. The van der Waals surface area contributed by atoms with Gasteiger partial charge in [-0.2, -0.15) is 0 Å². The molecule has 164 valence electrons. The van der Waals surface area contributed by atoms with Crippen LogP contribution in [0.15, 0.2) is 109 Å². The van der Waals surface area contributed by atoms with Gasteiger partial charge in [0.2, 0.25) is 6.71 Å². The monoisotopic (exact) mass is 438 g/mol. The van der Waals surface area contributed by atoms with Crippen LogP contribution >= 0.6 is 0 Å². The van der Waals surface area contributed by atoms with E-state index in [1.165, 1.54) is 33.1 Å². The van der Waals surface area contributed by atoms with E-state index in [0.717, 1.165) is 22.5 Å². The molecule has 0 radical (unpaired) electrons. The largest absolute Gasteiger partial charge is 0.256 e. The van der Waals surface area contributed by atoms with E-state index in [-0.39, 0.29) is 6.71 Å². The summed E-state index contributed by atoms with van der Waals surface area (Å²) in [6.07, 6.45) is 3.70. The lowest BCUT2D eigenvalue weighted by atomic mass is 9.35. The summed E-state index contributed by atoms with van der Waals surface area (Å²) in [7, 11) is 0. The SMILES string of the molecule is Cc1cc(C)c(B(c2cccc(-c3ccccn3)c2)c2cccc(-c3ccccn3)c2)c(C)c1. The standard InChI is InChI=1S/C31H27BN2/c1-22-18-23(2)31(24(3)19-22)32(27-12-8-10-25(20-27)29-14-4-6-16-33-29)28-13-9-11-26(21-28)30-15-5-7-17-34-30/h4-21H,1-3H3. The fourth-order valence-corrected chi connectivity index (χ4v) is 4.99. The molecule has 2 aromatic heterocycles. The van der Waals surface area contributed by atoms with Crippen molar-refractivity contribution >= 4 is 23.1 Å². The Labute approximate surface area is 202 Å². The van der Waals surface area contributed by atoms with Crippen molar-refractivity contribution in [3.63, 3.8) is 0 Å². The van der Waals surface area contributed by atoms with Crippen LogP contribution < -0.4 is 16.4 Å².